The summed E-state index contributed by atoms with van der Waals surface area (Å²) in [6.45, 7) is 11.0. The number of hydrogen-bond donors (Lipinski definition) is 1. The lowest BCUT2D eigenvalue weighted by atomic mass is 10.00. The molecule has 0 saturated carbocycles. The molecule has 28 heavy (non-hydrogen) atoms. The Balaban J connectivity index is 1.90. The Hall–Kier alpha value is -2.61. The normalized spacial score (nSPS) is 12.0. The molecule has 5 nitrogen and oxygen atoms in total. The molecule has 5 heteroatoms. The number of nitriles is 1. The molecule has 1 heterocycles. The van der Waals surface area contributed by atoms with Crippen LogP contribution in [0.25, 0.3) is 0 Å². The molecule has 2 rings (SSSR count). The summed E-state index contributed by atoms with van der Waals surface area (Å²) in [6, 6.07) is 10.7. The summed E-state index contributed by atoms with van der Waals surface area (Å²) in [5.74, 6) is 0.682. The third kappa shape index (κ3) is 5.95. The minimum absolute atomic E-state index is 0.0128. The largest absolute Gasteiger partial charge is 0.350 e. The molecule has 150 valence electrons. The van der Waals surface area contributed by atoms with E-state index in [1.807, 2.05) is 25.5 Å². The maximum atomic E-state index is 12.4. The van der Waals surface area contributed by atoms with Crippen LogP contribution in [0.2, 0.25) is 0 Å². The van der Waals surface area contributed by atoms with Crippen LogP contribution in [-0.4, -0.2) is 15.7 Å². The standard InChI is InChI=1S/C23H32N4O/c1-16(2)15-20-7-9-21(10-8-20)17(3)25-23(28)12-11-22-18(4)26-27(19(22)5)14-6-13-24/h7-10,16-17H,6,11-12,14-15H2,1-5H3,(H,25,28). The van der Waals surface area contributed by atoms with Crippen molar-refractivity contribution in [2.45, 2.75) is 72.9 Å². The summed E-state index contributed by atoms with van der Waals surface area (Å²) in [5, 5.41) is 16.4. The minimum atomic E-state index is -0.0128. The first kappa shape index (κ1) is 21.7. The summed E-state index contributed by atoms with van der Waals surface area (Å²) in [7, 11) is 0. The lowest BCUT2D eigenvalue weighted by Crippen LogP contribution is -2.26. The first-order chi connectivity index (χ1) is 13.3. The topological polar surface area (TPSA) is 70.7 Å². The Morgan fingerprint density at radius 2 is 1.89 bits per heavy atom. The van der Waals surface area contributed by atoms with Crippen LogP contribution in [0.1, 0.15) is 67.7 Å². The Morgan fingerprint density at radius 1 is 1.21 bits per heavy atom. The highest BCUT2D eigenvalue weighted by atomic mass is 16.1. The molecule has 1 aromatic carbocycles. The lowest BCUT2D eigenvalue weighted by Gasteiger charge is -2.15. The van der Waals surface area contributed by atoms with Gasteiger partial charge in [0.05, 0.1) is 30.8 Å². The molecular formula is C23H32N4O. The number of rotatable bonds is 9. The van der Waals surface area contributed by atoms with E-state index in [1.165, 1.54) is 5.56 Å². The van der Waals surface area contributed by atoms with Crippen molar-refractivity contribution in [2.24, 2.45) is 5.92 Å². The highest BCUT2D eigenvalue weighted by Crippen LogP contribution is 2.18. The second-order valence-electron chi connectivity index (χ2n) is 7.91. The summed E-state index contributed by atoms with van der Waals surface area (Å²) in [5.41, 5.74) is 5.55. The molecule has 0 spiro atoms. The van der Waals surface area contributed by atoms with Gasteiger partial charge in [-0.15, -0.1) is 0 Å². The number of nitrogens with one attached hydrogen (secondary N) is 1. The van der Waals surface area contributed by atoms with Crippen LogP contribution in [-0.2, 0) is 24.2 Å². The van der Waals surface area contributed by atoms with Crippen molar-refractivity contribution in [3.05, 3.63) is 52.3 Å². The van der Waals surface area contributed by atoms with E-state index in [2.05, 4.69) is 54.6 Å². The van der Waals surface area contributed by atoms with E-state index in [0.717, 1.165) is 28.9 Å². The predicted octanol–water partition coefficient (Wildman–Crippen LogP) is 4.42. The van der Waals surface area contributed by atoms with Gasteiger partial charge in [-0.2, -0.15) is 10.4 Å². The fourth-order valence-electron chi connectivity index (χ4n) is 3.52. The van der Waals surface area contributed by atoms with E-state index in [4.69, 9.17) is 5.26 Å². The van der Waals surface area contributed by atoms with E-state index < -0.39 is 0 Å². The van der Waals surface area contributed by atoms with Crippen molar-refractivity contribution in [3.8, 4) is 6.07 Å². The van der Waals surface area contributed by atoms with Gasteiger partial charge < -0.3 is 5.32 Å². The van der Waals surface area contributed by atoms with Crippen LogP contribution in [0.4, 0.5) is 0 Å². The lowest BCUT2D eigenvalue weighted by molar-refractivity contribution is -0.121. The second kappa shape index (κ2) is 10.1. The number of carbonyl (C=O) groups excluding carboxylic acids is 1. The van der Waals surface area contributed by atoms with E-state index >= 15 is 0 Å². The van der Waals surface area contributed by atoms with Crippen LogP contribution >= 0.6 is 0 Å². The summed E-state index contributed by atoms with van der Waals surface area (Å²) >= 11 is 0. The number of aryl methyl sites for hydroxylation is 2. The zero-order valence-corrected chi connectivity index (χ0v) is 17.7. The van der Waals surface area contributed by atoms with E-state index in [1.54, 1.807) is 0 Å². The molecular weight excluding hydrogens is 348 g/mol. The van der Waals surface area contributed by atoms with Crippen LogP contribution < -0.4 is 5.32 Å². The number of benzene rings is 1. The molecule has 0 aliphatic carbocycles. The van der Waals surface area contributed by atoms with Gasteiger partial charge in [-0.3, -0.25) is 9.48 Å². The van der Waals surface area contributed by atoms with Crippen LogP contribution in [0, 0.1) is 31.1 Å². The maximum Gasteiger partial charge on any atom is 0.220 e. The average Bonchev–Trinajstić information content (AvgIpc) is 2.91. The molecule has 1 N–H and O–H groups in total. The fourth-order valence-corrected chi connectivity index (χ4v) is 3.52. The molecule has 1 aromatic heterocycles. The van der Waals surface area contributed by atoms with Crippen LogP contribution in [0.15, 0.2) is 24.3 Å². The van der Waals surface area contributed by atoms with Crippen molar-refractivity contribution < 1.29 is 4.79 Å². The third-order valence-electron chi connectivity index (χ3n) is 5.07. The molecule has 1 amide bonds. The molecule has 2 aromatic rings. The van der Waals surface area contributed by atoms with Crippen molar-refractivity contribution in [1.29, 1.82) is 5.26 Å². The molecule has 0 radical (unpaired) electrons. The number of amides is 1. The van der Waals surface area contributed by atoms with Gasteiger partial charge in [-0.25, -0.2) is 0 Å². The fraction of sp³-hybridized carbons (Fsp3) is 0.522. The van der Waals surface area contributed by atoms with Gasteiger partial charge in [-0.1, -0.05) is 38.1 Å². The molecule has 0 aliphatic heterocycles. The van der Waals surface area contributed by atoms with Gasteiger partial charge in [0.15, 0.2) is 0 Å². The van der Waals surface area contributed by atoms with Crippen LogP contribution in [0.5, 0.6) is 0 Å². The summed E-state index contributed by atoms with van der Waals surface area (Å²) in [4.78, 5) is 12.4. The Morgan fingerprint density at radius 3 is 2.50 bits per heavy atom. The number of carbonyl (C=O) groups is 1. The zero-order valence-electron chi connectivity index (χ0n) is 17.7. The van der Waals surface area contributed by atoms with Gasteiger partial charge in [0.25, 0.3) is 0 Å². The van der Waals surface area contributed by atoms with E-state index in [0.29, 0.717) is 31.7 Å². The monoisotopic (exact) mass is 380 g/mol. The maximum absolute atomic E-state index is 12.4. The van der Waals surface area contributed by atoms with E-state index in [9.17, 15) is 4.79 Å². The van der Waals surface area contributed by atoms with Crippen LogP contribution in [0.3, 0.4) is 0 Å². The Kier molecular flexibility index (Phi) is 7.80. The first-order valence-electron chi connectivity index (χ1n) is 10.1. The molecule has 1 unspecified atom stereocenters. The zero-order chi connectivity index (χ0) is 20.7. The summed E-state index contributed by atoms with van der Waals surface area (Å²) in [6.07, 6.45) is 2.61. The van der Waals surface area contributed by atoms with Crippen molar-refractivity contribution in [3.63, 3.8) is 0 Å². The van der Waals surface area contributed by atoms with Gasteiger partial charge in [-0.05, 0) is 56.2 Å². The molecule has 0 bridgehead atoms. The molecule has 0 fully saturated rings. The quantitative estimate of drug-likeness (QED) is 0.700. The summed E-state index contributed by atoms with van der Waals surface area (Å²) < 4.78 is 1.87. The molecule has 0 saturated heterocycles. The highest BCUT2D eigenvalue weighted by molar-refractivity contribution is 5.76. The molecule has 0 aliphatic rings. The molecule has 1 atom stereocenters. The number of nitrogens with zero attached hydrogens (tertiary/aromatic N) is 3. The predicted molar refractivity (Wildman–Crippen MR) is 112 cm³/mol. The van der Waals surface area contributed by atoms with E-state index in [-0.39, 0.29) is 11.9 Å². The second-order valence-corrected chi connectivity index (χ2v) is 7.91. The number of aromatic nitrogens is 2. The van der Waals surface area contributed by atoms with Gasteiger partial charge in [0.1, 0.15) is 0 Å². The van der Waals surface area contributed by atoms with Gasteiger partial charge in [0.2, 0.25) is 5.91 Å². The Bertz CT molecular complexity index is 828. The number of hydrogen-bond acceptors (Lipinski definition) is 3. The SMILES string of the molecule is Cc1nn(CCC#N)c(C)c1CCC(=O)NC(C)c1ccc(CC(C)C)cc1. The van der Waals surface area contributed by atoms with Gasteiger partial charge >= 0.3 is 0 Å². The van der Waals surface area contributed by atoms with Crippen molar-refractivity contribution >= 4 is 5.91 Å². The Labute approximate surface area is 168 Å². The van der Waals surface area contributed by atoms with Crippen molar-refractivity contribution in [2.75, 3.05) is 0 Å². The smallest absolute Gasteiger partial charge is 0.220 e. The first-order valence-corrected chi connectivity index (χ1v) is 10.1. The van der Waals surface area contributed by atoms with Gasteiger partial charge in [0, 0.05) is 12.1 Å². The third-order valence-corrected chi connectivity index (χ3v) is 5.07. The van der Waals surface area contributed by atoms with Crippen molar-refractivity contribution in [1.82, 2.24) is 15.1 Å². The average molecular weight is 381 g/mol. The minimum Gasteiger partial charge on any atom is -0.350 e. The highest BCUT2D eigenvalue weighted by Gasteiger charge is 2.15.